The highest BCUT2D eigenvalue weighted by atomic mass is 16.5. The van der Waals surface area contributed by atoms with E-state index >= 15 is 0 Å². The van der Waals surface area contributed by atoms with Gasteiger partial charge in [-0.05, 0) is 67.8 Å². The van der Waals surface area contributed by atoms with E-state index in [1.165, 1.54) is 6.26 Å². The monoisotopic (exact) mass is 432 g/mol. The van der Waals surface area contributed by atoms with Crippen molar-refractivity contribution in [2.75, 3.05) is 0 Å². The van der Waals surface area contributed by atoms with Gasteiger partial charge in [-0.25, -0.2) is 4.79 Å². The lowest BCUT2D eigenvalue weighted by molar-refractivity contribution is 0.0378. The van der Waals surface area contributed by atoms with Gasteiger partial charge in [0.05, 0.1) is 23.3 Å². The second kappa shape index (κ2) is 9.14. The minimum absolute atomic E-state index is 0.0870. The Morgan fingerprint density at radius 2 is 1.78 bits per heavy atom. The smallest absolute Gasteiger partial charge is 0.338 e. The molecule has 0 N–H and O–H groups in total. The van der Waals surface area contributed by atoms with E-state index in [-0.39, 0.29) is 35.6 Å². The molecule has 0 aliphatic carbocycles. The summed E-state index contributed by atoms with van der Waals surface area (Å²) in [5.41, 5.74) is 2.49. The lowest BCUT2D eigenvalue weighted by Crippen LogP contribution is -2.12. The number of esters is 1. The van der Waals surface area contributed by atoms with Crippen molar-refractivity contribution in [3.63, 3.8) is 0 Å². The Balaban J connectivity index is 1.66. The molecule has 0 spiro atoms. The van der Waals surface area contributed by atoms with Gasteiger partial charge in [0.1, 0.15) is 12.2 Å². The maximum atomic E-state index is 13.3. The number of aryl methyl sites for hydroxylation is 1. The molecule has 164 valence electrons. The third-order valence-electron chi connectivity index (χ3n) is 4.98. The largest absolute Gasteiger partial charge is 0.481 e. The average Bonchev–Trinajstić information content (AvgIpc) is 3.33. The molecule has 4 aromatic rings. The Morgan fingerprint density at radius 3 is 2.44 bits per heavy atom. The zero-order valence-electron chi connectivity index (χ0n) is 18.2. The van der Waals surface area contributed by atoms with Crippen LogP contribution in [0.1, 0.15) is 42.3 Å². The van der Waals surface area contributed by atoms with Gasteiger partial charge < -0.3 is 18.3 Å². The number of fused-ring (bicyclic) bond motifs is 1. The molecule has 0 amide bonds. The molecule has 0 bridgehead atoms. The third kappa shape index (κ3) is 4.44. The van der Waals surface area contributed by atoms with Crippen LogP contribution in [0, 0.1) is 0 Å². The van der Waals surface area contributed by atoms with Gasteiger partial charge in [-0.3, -0.25) is 4.79 Å². The minimum Gasteiger partial charge on any atom is -0.481 e. The fourth-order valence-electron chi connectivity index (χ4n) is 3.32. The van der Waals surface area contributed by atoms with E-state index in [4.69, 9.17) is 18.3 Å². The van der Waals surface area contributed by atoms with Crippen LogP contribution in [0.25, 0.3) is 22.5 Å². The molecule has 0 saturated heterocycles. The van der Waals surface area contributed by atoms with Crippen molar-refractivity contribution in [1.29, 1.82) is 0 Å². The predicted molar refractivity (Wildman–Crippen MR) is 121 cm³/mol. The van der Waals surface area contributed by atoms with Gasteiger partial charge in [-0.1, -0.05) is 25.1 Å². The molecule has 0 fully saturated rings. The minimum atomic E-state index is -0.380. The third-order valence-corrected chi connectivity index (χ3v) is 4.98. The van der Waals surface area contributed by atoms with Gasteiger partial charge in [0, 0.05) is 0 Å². The van der Waals surface area contributed by atoms with Gasteiger partial charge in [-0.15, -0.1) is 0 Å². The lowest BCUT2D eigenvalue weighted by atomic mass is 10.1. The zero-order chi connectivity index (χ0) is 22.7. The van der Waals surface area contributed by atoms with Crippen LogP contribution in [-0.2, 0) is 17.8 Å². The predicted octanol–water partition coefficient (Wildman–Crippen LogP) is 5.76. The lowest BCUT2D eigenvalue weighted by Gasteiger charge is -2.11. The Morgan fingerprint density at radius 1 is 1.03 bits per heavy atom. The molecule has 0 saturated carbocycles. The molecule has 6 nitrogen and oxygen atoms in total. The normalized spacial score (nSPS) is 11.1. The van der Waals surface area contributed by atoms with Gasteiger partial charge in [0.15, 0.2) is 5.76 Å². The Bertz CT molecular complexity index is 1280. The Kier molecular flexibility index (Phi) is 6.12. The second-order valence-electron chi connectivity index (χ2n) is 7.69. The van der Waals surface area contributed by atoms with Crippen LogP contribution in [0.5, 0.6) is 5.75 Å². The van der Waals surface area contributed by atoms with Gasteiger partial charge in [-0.2, -0.15) is 0 Å². The molecule has 6 heteroatoms. The number of furan rings is 1. The highest BCUT2D eigenvalue weighted by molar-refractivity contribution is 5.89. The van der Waals surface area contributed by atoms with Crippen LogP contribution >= 0.6 is 0 Å². The number of hydrogen-bond acceptors (Lipinski definition) is 6. The summed E-state index contributed by atoms with van der Waals surface area (Å²) in [6.45, 7) is 5.75. The van der Waals surface area contributed by atoms with Crippen molar-refractivity contribution in [2.24, 2.45) is 0 Å². The van der Waals surface area contributed by atoms with Crippen LogP contribution < -0.4 is 10.2 Å². The van der Waals surface area contributed by atoms with E-state index in [0.717, 1.165) is 17.5 Å². The molecule has 0 unspecified atom stereocenters. The molecule has 4 rings (SSSR count). The maximum absolute atomic E-state index is 13.3. The van der Waals surface area contributed by atoms with Crippen molar-refractivity contribution in [3.05, 3.63) is 87.8 Å². The highest BCUT2D eigenvalue weighted by Gasteiger charge is 2.20. The molecule has 32 heavy (non-hydrogen) atoms. The van der Waals surface area contributed by atoms with Crippen LogP contribution in [0.3, 0.4) is 0 Å². The Hall–Kier alpha value is -3.80. The summed E-state index contributed by atoms with van der Waals surface area (Å²) in [6, 6.07) is 15.9. The van der Waals surface area contributed by atoms with E-state index in [1.807, 2.05) is 19.1 Å². The standard InChI is InChI=1S/C26H24O6/c1-4-17-9-12-21-20(14-17)23(27)25(24(32-21)22-6-5-13-29-22)30-15-18-7-10-19(11-8-18)26(28)31-16(2)3/h5-14,16H,4,15H2,1-3H3. The summed E-state index contributed by atoms with van der Waals surface area (Å²) in [5, 5.41) is 0.460. The number of carbonyl (C=O) groups is 1. The van der Waals surface area contributed by atoms with Gasteiger partial charge in [0.25, 0.3) is 0 Å². The fraction of sp³-hybridized carbons (Fsp3) is 0.231. The van der Waals surface area contributed by atoms with Crippen LogP contribution in [0.15, 0.2) is 74.5 Å². The summed E-state index contributed by atoms with van der Waals surface area (Å²) < 4.78 is 22.6. The van der Waals surface area contributed by atoms with Crippen LogP contribution in [-0.4, -0.2) is 12.1 Å². The second-order valence-corrected chi connectivity index (χ2v) is 7.69. The number of ether oxygens (including phenoxy) is 2. The van der Waals surface area contributed by atoms with E-state index in [0.29, 0.717) is 22.3 Å². The first-order chi connectivity index (χ1) is 15.5. The van der Waals surface area contributed by atoms with Crippen molar-refractivity contribution in [1.82, 2.24) is 0 Å². The Labute approximate surface area is 185 Å². The maximum Gasteiger partial charge on any atom is 0.338 e. The molecule has 0 atom stereocenters. The van der Waals surface area contributed by atoms with E-state index < -0.39 is 0 Å². The zero-order valence-corrected chi connectivity index (χ0v) is 18.2. The van der Waals surface area contributed by atoms with Crippen molar-refractivity contribution in [3.8, 4) is 17.3 Å². The van der Waals surface area contributed by atoms with E-state index in [9.17, 15) is 9.59 Å². The first kappa shape index (κ1) is 21.4. The van der Waals surface area contributed by atoms with Crippen molar-refractivity contribution in [2.45, 2.75) is 39.9 Å². The molecule has 0 aliphatic rings. The molecule has 2 heterocycles. The molecular formula is C26H24O6. The van der Waals surface area contributed by atoms with Crippen LogP contribution in [0.4, 0.5) is 0 Å². The van der Waals surface area contributed by atoms with Crippen molar-refractivity contribution < 1.29 is 23.1 Å². The van der Waals surface area contributed by atoms with E-state index in [1.54, 1.807) is 56.3 Å². The SMILES string of the molecule is CCc1ccc2oc(-c3ccco3)c(OCc3ccc(C(=O)OC(C)C)cc3)c(=O)c2c1. The average molecular weight is 432 g/mol. The summed E-state index contributed by atoms with van der Waals surface area (Å²) in [6.07, 6.45) is 2.13. The molecule has 2 aromatic carbocycles. The number of hydrogen-bond donors (Lipinski definition) is 0. The molecule has 2 aromatic heterocycles. The van der Waals surface area contributed by atoms with Gasteiger partial charge >= 0.3 is 5.97 Å². The van der Waals surface area contributed by atoms with Crippen molar-refractivity contribution >= 4 is 16.9 Å². The number of rotatable bonds is 7. The first-order valence-corrected chi connectivity index (χ1v) is 10.5. The summed E-state index contributed by atoms with van der Waals surface area (Å²) in [7, 11) is 0. The number of carbonyl (C=O) groups excluding carboxylic acids is 1. The van der Waals surface area contributed by atoms with Gasteiger partial charge in [0.2, 0.25) is 16.9 Å². The quantitative estimate of drug-likeness (QED) is 0.346. The molecular weight excluding hydrogens is 408 g/mol. The number of benzene rings is 2. The fourth-order valence-corrected chi connectivity index (χ4v) is 3.32. The molecule has 0 aliphatic heterocycles. The summed E-state index contributed by atoms with van der Waals surface area (Å²) >= 11 is 0. The molecule has 0 radical (unpaired) electrons. The first-order valence-electron chi connectivity index (χ1n) is 10.5. The topological polar surface area (TPSA) is 78.9 Å². The summed E-state index contributed by atoms with van der Waals surface area (Å²) in [5.74, 6) is 0.359. The van der Waals surface area contributed by atoms with Crippen LogP contribution in [0.2, 0.25) is 0 Å². The highest BCUT2D eigenvalue weighted by Crippen LogP contribution is 2.32. The van der Waals surface area contributed by atoms with E-state index in [2.05, 4.69) is 0 Å². The summed E-state index contributed by atoms with van der Waals surface area (Å²) in [4.78, 5) is 25.3.